The molecule has 0 saturated heterocycles. The van der Waals surface area contributed by atoms with E-state index in [-0.39, 0.29) is 26.3 Å². The third kappa shape index (κ3) is 4.43. The van der Waals surface area contributed by atoms with E-state index in [2.05, 4.69) is 70.6 Å². The third-order valence-corrected chi connectivity index (χ3v) is 8.53. The molecule has 3 aromatic heterocycles. The van der Waals surface area contributed by atoms with Gasteiger partial charge < -0.3 is 0 Å². The van der Waals surface area contributed by atoms with Gasteiger partial charge in [0.05, 0.1) is 0 Å². The molecule has 0 aliphatic rings. The average Bonchev–Trinajstić information content (AvgIpc) is 3.65. The maximum absolute atomic E-state index is 5.38. The number of H-pyrrole nitrogens is 2. The predicted molar refractivity (Wildman–Crippen MR) is 133 cm³/mol. The van der Waals surface area contributed by atoms with Crippen molar-refractivity contribution in [2.45, 2.75) is 11.8 Å². The van der Waals surface area contributed by atoms with E-state index in [0.29, 0.717) is 0 Å². The second kappa shape index (κ2) is 9.62. The molecule has 0 spiro atoms. The van der Waals surface area contributed by atoms with Gasteiger partial charge >= 0.3 is 200 Å². The van der Waals surface area contributed by atoms with Gasteiger partial charge in [-0.15, -0.1) is 0 Å². The summed E-state index contributed by atoms with van der Waals surface area (Å²) in [5.41, 5.74) is 4.96. The first-order chi connectivity index (χ1) is 16.3. The van der Waals surface area contributed by atoms with Gasteiger partial charge in [-0.05, 0) is 0 Å². The van der Waals surface area contributed by atoms with E-state index < -0.39 is 0 Å². The molecule has 0 amide bonds. The van der Waals surface area contributed by atoms with Gasteiger partial charge in [0, 0.05) is 0 Å². The van der Waals surface area contributed by atoms with Crippen LogP contribution in [0.4, 0.5) is 0 Å². The van der Waals surface area contributed by atoms with Gasteiger partial charge in [0.25, 0.3) is 0 Å². The summed E-state index contributed by atoms with van der Waals surface area (Å²) >= 11 is 0.200. The van der Waals surface area contributed by atoms with Crippen LogP contribution in [-0.2, 0) is 0 Å². The van der Waals surface area contributed by atoms with Crippen LogP contribution in [0.1, 0.15) is 43.2 Å². The monoisotopic (exact) mass is 502 g/mol. The minimum atomic E-state index is 0.194. The van der Waals surface area contributed by atoms with Crippen molar-refractivity contribution in [2.24, 2.45) is 0 Å². The summed E-state index contributed by atoms with van der Waals surface area (Å²) in [6, 6.07) is 30.0. The number of nitrogens with one attached hydrogen (secondary N) is 2. The number of methoxy groups -OCH3 is 2. The van der Waals surface area contributed by atoms with Crippen LogP contribution in [0.25, 0.3) is 0 Å². The van der Waals surface area contributed by atoms with Gasteiger partial charge in [-0.1, -0.05) is 0 Å². The van der Waals surface area contributed by atoms with Crippen LogP contribution in [-0.4, -0.2) is 38.7 Å². The molecule has 2 N–H and O–H groups in total. The number of rotatable bonds is 8. The normalized spacial score (nSPS) is 12.9. The molecule has 0 aliphatic carbocycles. The minimum absolute atomic E-state index is 0.194. The Morgan fingerprint density at radius 1 is 0.576 bits per heavy atom. The van der Waals surface area contributed by atoms with E-state index in [9.17, 15) is 0 Å². The van der Waals surface area contributed by atoms with Crippen LogP contribution in [0.15, 0.2) is 97.3 Å². The number of hydrogen-bond acceptors (Lipinski definition) is 2. The fourth-order valence-electron chi connectivity index (χ4n) is 4.31. The van der Waals surface area contributed by atoms with Crippen LogP contribution >= 0.6 is 0 Å². The summed E-state index contributed by atoms with van der Waals surface area (Å²) in [6.45, 7) is 0. The molecule has 3 heterocycles. The summed E-state index contributed by atoms with van der Waals surface area (Å²) < 4.78 is 13.6. The summed E-state index contributed by atoms with van der Waals surface area (Å²) in [7, 11) is 3.41. The van der Waals surface area contributed by atoms with Crippen molar-refractivity contribution in [1.29, 1.82) is 0 Å². The summed E-state index contributed by atoms with van der Waals surface area (Å²) in [5.74, 6) is 2.14. The fourth-order valence-corrected chi connectivity index (χ4v) is 7.05. The van der Waals surface area contributed by atoms with E-state index >= 15 is 0 Å². The SMILES string of the molecule is COc1ccc(C(c2ccc[nH]2)c2ccc(C(c3ccc(OC)cc3)c3ccc[nH]3)[se]2)cc1. The van der Waals surface area contributed by atoms with E-state index in [1.54, 1.807) is 14.2 Å². The number of hydrogen-bond donors (Lipinski definition) is 2. The molecule has 5 aromatic rings. The summed E-state index contributed by atoms with van der Waals surface area (Å²) in [4.78, 5) is 6.90. The first kappa shape index (κ1) is 21.4. The van der Waals surface area contributed by atoms with Crippen molar-refractivity contribution >= 4 is 14.5 Å². The Bertz CT molecular complexity index is 1170. The molecule has 5 heteroatoms. The molecule has 0 saturated carbocycles. The van der Waals surface area contributed by atoms with E-state index in [1.807, 2.05) is 36.7 Å². The Morgan fingerprint density at radius 3 is 1.33 bits per heavy atom. The molecule has 0 radical (unpaired) electrons. The summed E-state index contributed by atoms with van der Waals surface area (Å²) in [5, 5.41) is 0. The van der Waals surface area contributed by atoms with Crippen LogP contribution in [0.3, 0.4) is 0 Å². The fraction of sp³-hybridized carbons (Fsp3) is 0.143. The second-order valence-electron chi connectivity index (χ2n) is 7.90. The Balaban J connectivity index is 1.56. The molecular formula is C28H26N2O2Se. The molecular weight excluding hydrogens is 475 g/mol. The molecule has 2 aromatic carbocycles. The molecule has 0 aliphatic heterocycles. The Hall–Kier alpha value is -3.40. The molecule has 4 nitrogen and oxygen atoms in total. The Morgan fingerprint density at radius 2 is 1.00 bits per heavy atom. The third-order valence-electron chi connectivity index (χ3n) is 5.98. The zero-order valence-corrected chi connectivity index (χ0v) is 20.3. The standard InChI is InChI=1S/C28H26N2O2Se/c1-31-21-11-7-19(8-12-21)27(23-5-3-17-29-23)25-15-16-26(33-25)28(24-6-4-18-30-24)20-9-13-22(32-2)14-10-20/h3-18,27-30H,1-2H3. The van der Waals surface area contributed by atoms with Crippen LogP contribution in [0.2, 0.25) is 0 Å². The molecule has 33 heavy (non-hydrogen) atoms. The van der Waals surface area contributed by atoms with E-state index in [4.69, 9.17) is 9.47 Å². The zero-order valence-electron chi connectivity index (χ0n) is 18.6. The van der Waals surface area contributed by atoms with Gasteiger partial charge in [-0.3, -0.25) is 0 Å². The van der Waals surface area contributed by atoms with Crippen molar-refractivity contribution in [3.8, 4) is 11.5 Å². The number of ether oxygens (including phenoxy) is 2. The van der Waals surface area contributed by atoms with Crippen molar-refractivity contribution < 1.29 is 9.47 Å². The second-order valence-corrected chi connectivity index (χ2v) is 10.3. The molecule has 0 fully saturated rings. The van der Waals surface area contributed by atoms with Gasteiger partial charge in [-0.2, -0.15) is 0 Å². The molecule has 166 valence electrons. The molecule has 2 unspecified atom stereocenters. The summed E-state index contributed by atoms with van der Waals surface area (Å²) in [6.07, 6.45) is 4.00. The quantitative estimate of drug-likeness (QED) is 0.265. The molecule has 5 rings (SSSR count). The van der Waals surface area contributed by atoms with Gasteiger partial charge in [0.2, 0.25) is 0 Å². The number of benzene rings is 2. The Labute approximate surface area is 200 Å². The predicted octanol–water partition coefficient (Wildman–Crippen LogP) is 5.78. The van der Waals surface area contributed by atoms with Crippen LogP contribution in [0.5, 0.6) is 11.5 Å². The molecule has 0 bridgehead atoms. The van der Waals surface area contributed by atoms with Gasteiger partial charge in [0.1, 0.15) is 0 Å². The number of aromatic nitrogens is 2. The zero-order chi connectivity index (χ0) is 22.6. The molecule has 2 atom stereocenters. The van der Waals surface area contributed by atoms with Crippen molar-refractivity contribution in [1.82, 2.24) is 9.97 Å². The van der Waals surface area contributed by atoms with Gasteiger partial charge in [0.15, 0.2) is 0 Å². The van der Waals surface area contributed by atoms with Crippen molar-refractivity contribution in [2.75, 3.05) is 14.2 Å². The van der Waals surface area contributed by atoms with Crippen LogP contribution < -0.4 is 9.47 Å². The van der Waals surface area contributed by atoms with E-state index in [1.165, 1.54) is 31.4 Å². The van der Waals surface area contributed by atoms with E-state index in [0.717, 1.165) is 11.5 Å². The van der Waals surface area contributed by atoms with Crippen molar-refractivity contribution in [3.63, 3.8) is 0 Å². The average molecular weight is 501 g/mol. The first-order valence-electron chi connectivity index (χ1n) is 10.9. The topological polar surface area (TPSA) is 50.0 Å². The maximum atomic E-state index is 5.38. The Kier molecular flexibility index (Phi) is 6.25. The van der Waals surface area contributed by atoms with Gasteiger partial charge in [-0.25, -0.2) is 0 Å². The van der Waals surface area contributed by atoms with Crippen LogP contribution in [0, 0.1) is 0 Å². The first-order valence-corrected chi connectivity index (χ1v) is 12.6. The van der Waals surface area contributed by atoms with Crippen molar-refractivity contribution in [3.05, 3.63) is 129 Å². The number of aromatic amines is 2.